The predicted molar refractivity (Wildman–Crippen MR) is 91.4 cm³/mol. The fraction of sp³-hybridized carbons (Fsp3) is 0.500. The van der Waals surface area contributed by atoms with E-state index in [1.54, 1.807) is 19.1 Å². The zero-order valence-electron chi connectivity index (χ0n) is 14.1. The van der Waals surface area contributed by atoms with Gasteiger partial charge in [-0.25, -0.2) is 5.43 Å². The molecule has 24 heavy (non-hydrogen) atoms. The highest BCUT2D eigenvalue weighted by atomic mass is 16.6. The summed E-state index contributed by atoms with van der Waals surface area (Å²) in [6, 6.07) is 6.72. The van der Waals surface area contributed by atoms with E-state index in [4.69, 9.17) is 0 Å². The summed E-state index contributed by atoms with van der Waals surface area (Å²) >= 11 is 0. The molecule has 0 aliphatic carbocycles. The van der Waals surface area contributed by atoms with E-state index in [9.17, 15) is 14.9 Å². The van der Waals surface area contributed by atoms with E-state index >= 15 is 0 Å². The first-order chi connectivity index (χ1) is 11.4. The van der Waals surface area contributed by atoms with E-state index in [1.165, 1.54) is 12.1 Å². The van der Waals surface area contributed by atoms with Gasteiger partial charge in [0.1, 0.15) is 0 Å². The number of benzene rings is 1. The highest BCUT2D eigenvalue weighted by Gasteiger charge is 2.29. The largest absolute Gasteiger partial charge is 0.273 e. The van der Waals surface area contributed by atoms with Gasteiger partial charge in [-0.05, 0) is 50.8 Å². The maximum absolute atomic E-state index is 11.9. The van der Waals surface area contributed by atoms with E-state index in [0.29, 0.717) is 30.1 Å². The molecule has 3 N–H and O–H groups in total. The van der Waals surface area contributed by atoms with Crippen molar-refractivity contribution in [3.63, 3.8) is 0 Å². The van der Waals surface area contributed by atoms with Crippen LogP contribution in [0.4, 0.5) is 5.69 Å². The van der Waals surface area contributed by atoms with Crippen molar-refractivity contribution in [3.8, 4) is 0 Å². The number of nitro groups is 1. The molecule has 1 aromatic rings. The fourth-order valence-electron chi connectivity index (χ4n) is 2.80. The highest BCUT2D eigenvalue weighted by Crippen LogP contribution is 2.19. The number of carbonyl (C=O) groups excluding carboxylic acids is 1. The average molecular weight is 333 g/mol. The van der Waals surface area contributed by atoms with Crippen molar-refractivity contribution in [3.05, 3.63) is 39.9 Å². The molecule has 1 amide bonds. The second kappa shape index (κ2) is 7.98. The molecule has 8 nitrogen and oxygen atoms in total. The van der Waals surface area contributed by atoms with E-state index in [2.05, 4.69) is 35.2 Å². The zero-order chi connectivity index (χ0) is 17.7. The summed E-state index contributed by atoms with van der Waals surface area (Å²) in [6.45, 7) is 5.93. The lowest BCUT2D eigenvalue weighted by atomic mass is 9.91. The molecule has 2 atom stereocenters. The van der Waals surface area contributed by atoms with Gasteiger partial charge in [0.15, 0.2) is 0 Å². The van der Waals surface area contributed by atoms with Gasteiger partial charge >= 0.3 is 0 Å². The second-order valence-electron chi connectivity index (χ2n) is 6.10. The lowest BCUT2D eigenvalue weighted by Crippen LogP contribution is -2.30. The standard InChI is InChI=1S/C16H23N5O3/c1-10(13-4-6-14(7-5-13)21(23)24)17-20-16(22)9-8-15-11(2)18-19-12(15)3/h4-7,11-12,15,18-19H,8-9H2,1-3H3,(H,20,22)/b17-10+. The van der Waals surface area contributed by atoms with Crippen LogP contribution >= 0.6 is 0 Å². The second-order valence-corrected chi connectivity index (χ2v) is 6.10. The van der Waals surface area contributed by atoms with Gasteiger partial charge in [-0.15, -0.1) is 0 Å². The number of nitrogens with one attached hydrogen (secondary N) is 3. The van der Waals surface area contributed by atoms with Crippen LogP contribution in [0.5, 0.6) is 0 Å². The highest BCUT2D eigenvalue weighted by molar-refractivity contribution is 5.99. The first-order valence-corrected chi connectivity index (χ1v) is 7.97. The summed E-state index contributed by atoms with van der Waals surface area (Å²) in [5.74, 6) is 0.262. The van der Waals surface area contributed by atoms with E-state index in [-0.39, 0.29) is 11.6 Å². The third kappa shape index (κ3) is 4.59. The molecule has 0 aromatic heterocycles. The van der Waals surface area contributed by atoms with Gasteiger partial charge in [-0.2, -0.15) is 5.10 Å². The Morgan fingerprint density at radius 2 is 1.83 bits per heavy atom. The summed E-state index contributed by atoms with van der Waals surface area (Å²) in [4.78, 5) is 22.1. The van der Waals surface area contributed by atoms with Crippen LogP contribution in [0.1, 0.15) is 39.2 Å². The van der Waals surface area contributed by atoms with Crippen LogP contribution in [0.25, 0.3) is 0 Å². The summed E-state index contributed by atoms with van der Waals surface area (Å²) in [5, 5.41) is 14.7. The van der Waals surface area contributed by atoms with Crippen LogP contribution in [0.2, 0.25) is 0 Å². The minimum absolute atomic E-state index is 0.0256. The Morgan fingerprint density at radius 1 is 1.25 bits per heavy atom. The van der Waals surface area contributed by atoms with Gasteiger partial charge in [0.2, 0.25) is 5.91 Å². The maximum Gasteiger partial charge on any atom is 0.269 e. The Morgan fingerprint density at radius 3 is 2.38 bits per heavy atom. The SMILES string of the molecule is C/C(=N\NC(=O)CCC1C(C)NNC1C)c1ccc([N+](=O)[O-])cc1. The molecule has 1 fully saturated rings. The van der Waals surface area contributed by atoms with Crippen molar-refractivity contribution in [2.75, 3.05) is 0 Å². The van der Waals surface area contributed by atoms with Crippen molar-refractivity contribution >= 4 is 17.3 Å². The van der Waals surface area contributed by atoms with Gasteiger partial charge in [0.25, 0.3) is 5.69 Å². The Labute approximate surface area is 140 Å². The molecule has 1 saturated heterocycles. The van der Waals surface area contributed by atoms with Crippen LogP contribution < -0.4 is 16.3 Å². The van der Waals surface area contributed by atoms with E-state index in [1.807, 2.05) is 0 Å². The molecule has 2 unspecified atom stereocenters. The fourth-order valence-corrected chi connectivity index (χ4v) is 2.80. The molecule has 0 saturated carbocycles. The van der Waals surface area contributed by atoms with Crippen molar-refractivity contribution in [1.82, 2.24) is 16.3 Å². The van der Waals surface area contributed by atoms with Crippen LogP contribution in [0.3, 0.4) is 0 Å². The van der Waals surface area contributed by atoms with Crippen LogP contribution in [0, 0.1) is 16.0 Å². The Balaban J connectivity index is 1.85. The minimum atomic E-state index is -0.452. The number of rotatable bonds is 6. The van der Waals surface area contributed by atoms with Crippen LogP contribution in [-0.4, -0.2) is 28.6 Å². The third-order valence-corrected chi connectivity index (χ3v) is 4.37. The molecule has 2 rings (SSSR count). The molecular weight excluding hydrogens is 310 g/mol. The molecule has 0 radical (unpaired) electrons. The van der Waals surface area contributed by atoms with Crippen molar-refractivity contribution in [1.29, 1.82) is 0 Å². The van der Waals surface area contributed by atoms with E-state index < -0.39 is 4.92 Å². The lowest BCUT2D eigenvalue weighted by molar-refractivity contribution is -0.384. The number of non-ortho nitro benzene ring substituents is 1. The topological polar surface area (TPSA) is 109 Å². The summed E-state index contributed by atoms with van der Waals surface area (Å²) in [6.07, 6.45) is 1.18. The third-order valence-electron chi connectivity index (χ3n) is 4.37. The number of nitrogens with zero attached hydrogens (tertiary/aromatic N) is 2. The van der Waals surface area contributed by atoms with Gasteiger partial charge in [0, 0.05) is 30.6 Å². The molecule has 1 aromatic carbocycles. The number of amides is 1. The quantitative estimate of drug-likeness (QED) is 0.417. The molecule has 1 aliphatic heterocycles. The van der Waals surface area contributed by atoms with Crippen molar-refractivity contribution < 1.29 is 9.72 Å². The summed E-state index contributed by atoms with van der Waals surface area (Å²) in [5.41, 5.74) is 10.2. The maximum atomic E-state index is 11.9. The number of nitro benzene ring substituents is 1. The smallest absolute Gasteiger partial charge is 0.269 e. The number of carbonyl (C=O) groups is 1. The van der Waals surface area contributed by atoms with Gasteiger partial charge in [-0.3, -0.25) is 25.8 Å². The normalized spacial score (nSPS) is 24.0. The van der Waals surface area contributed by atoms with Crippen LogP contribution in [0.15, 0.2) is 29.4 Å². The zero-order valence-corrected chi connectivity index (χ0v) is 14.1. The van der Waals surface area contributed by atoms with Crippen molar-refractivity contribution in [2.24, 2.45) is 11.0 Å². The first kappa shape index (κ1) is 18.0. The van der Waals surface area contributed by atoms with Crippen LogP contribution in [-0.2, 0) is 4.79 Å². The minimum Gasteiger partial charge on any atom is -0.273 e. The first-order valence-electron chi connectivity index (χ1n) is 7.97. The Hall–Kier alpha value is -2.32. The molecule has 0 bridgehead atoms. The summed E-state index contributed by atoms with van der Waals surface area (Å²) in [7, 11) is 0. The molecule has 1 aliphatic rings. The Bertz CT molecular complexity index is 619. The molecule has 8 heteroatoms. The lowest BCUT2D eigenvalue weighted by Gasteiger charge is -2.16. The number of hydrogen-bond donors (Lipinski definition) is 3. The predicted octanol–water partition coefficient (Wildman–Crippen LogP) is 1.72. The Kier molecular flexibility index (Phi) is 5.99. The van der Waals surface area contributed by atoms with E-state index in [0.717, 1.165) is 12.0 Å². The number of hydrogen-bond acceptors (Lipinski definition) is 6. The monoisotopic (exact) mass is 333 g/mol. The molecule has 1 heterocycles. The number of hydrazine groups is 1. The molecule has 0 spiro atoms. The molecular formula is C16H23N5O3. The molecule has 130 valence electrons. The van der Waals surface area contributed by atoms with Crippen molar-refractivity contribution in [2.45, 2.75) is 45.7 Å². The van der Waals surface area contributed by atoms with Gasteiger partial charge in [-0.1, -0.05) is 0 Å². The summed E-state index contributed by atoms with van der Waals surface area (Å²) < 4.78 is 0. The average Bonchev–Trinajstić information content (AvgIpc) is 2.89. The number of hydrazone groups is 1. The van der Waals surface area contributed by atoms with Gasteiger partial charge < -0.3 is 0 Å². The van der Waals surface area contributed by atoms with Gasteiger partial charge in [0.05, 0.1) is 10.6 Å².